The van der Waals surface area contributed by atoms with Crippen LogP contribution in [0.3, 0.4) is 0 Å². The molecule has 0 rings (SSSR count). The predicted octanol–water partition coefficient (Wildman–Crippen LogP) is 15.1. The van der Waals surface area contributed by atoms with Gasteiger partial charge >= 0.3 is 0 Å². The number of carbonyl (C=O) groups excluding carboxylic acids is 1. The van der Waals surface area contributed by atoms with Crippen LogP contribution in [-0.2, 0) is 4.79 Å². The van der Waals surface area contributed by atoms with E-state index in [0.29, 0.717) is 6.42 Å². The molecule has 0 aliphatic heterocycles. The van der Waals surface area contributed by atoms with Crippen LogP contribution >= 0.6 is 0 Å². The molecule has 0 heterocycles. The summed E-state index contributed by atoms with van der Waals surface area (Å²) in [4.78, 5) is 12.4. The Kier molecular flexibility index (Phi) is 46.1. The Morgan fingerprint density at radius 1 is 0.474 bits per heavy atom. The highest BCUT2D eigenvalue weighted by molar-refractivity contribution is 5.76. The number of hydrogen-bond acceptors (Lipinski definition) is 4. The fourth-order valence-electron chi connectivity index (χ4n) is 7.91. The van der Waals surface area contributed by atoms with Gasteiger partial charge in [-0.1, -0.05) is 255 Å². The van der Waals surface area contributed by atoms with Gasteiger partial charge in [-0.3, -0.25) is 4.79 Å². The second-order valence-electron chi connectivity index (χ2n) is 17.4. The first-order valence-electron chi connectivity index (χ1n) is 25.2. The van der Waals surface area contributed by atoms with Gasteiger partial charge in [-0.2, -0.15) is 0 Å². The SMILES string of the molecule is C/C=C/CC/C=C/CC/C=C/C(O)C(CO)NC(=O)CC(O)CCCCCCCCCCCCCCCCCCCCCCCCCCCCCCCCCCC. The minimum Gasteiger partial charge on any atom is -0.394 e. The molecule has 57 heavy (non-hydrogen) atoms. The second kappa shape index (κ2) is 47.3. The maximum Gasteiger partial charge on any atom is 0.222 e. The van der Waals surface area contributed by atoms with Crippen LogP contribution in [0, 0.1) is 0 Å². The standard InChI is InChI=1S/C52H99NO4/c1-3-5-7-9-11-13-14-15-16-17-18-19-20-21-22-23-24-25-26-27-28-29-30-31-32-33-34-35-36-38-39-41-43-45-49(55)47-52(57)53-50(48-54)51(56)46-44-42-40-37-12-10-8-6-4-2/h4,6,12,37,44,46,49-51,54-56H,3,5,7-11,13-36,38-43,45,47-48H2,1-2H3,(H,53,57)/b6-4+,37-12+,46-44+. The van der Waals surface area contributed by atoms with Gasteiger partial charge in [0.25, 0.3) is 0 Å². The minimum atomic E-state index is -0.956. The molecule has 3 unspecified atom stereocenters. The van der Waals surface area contributed by atoms with E-state index in [0.717, 1.165) is 38.5 Å². The Morgan fingerprint density at radius 3 is 1.12 bits per heavy atom. The molecular weight excluding hydrogens is 703 g/mol. The predicted molar refractivity (Wildman–Crippen MR) is 250 cm³/mol. The zero-order valence-corrected chi connectivity index (χ0v) is 38.2. The van der Waals surface area contributed by atoms with E-state index in [2.05, 4.69) is 36.5 Å². The lowest BCUT2D eigenvalue weighted by Gasteiger charge is -2.21. The summed E-state index contributed by atoms with van der Waals surface area (Å²) in [6, 6.07) is -0.764. The van der Waals surface area contributed by atoms with E-state index in [4.69, 9.17) is 0 Å². The number of carbonyl (C=O) groups is 1. The Labute approximate surface area is 355 Å². The summed E-state index contributed by atoms with van der Waals surface area (Å²) in [6.07, 6.45) is 60.8. The van der Waals surface area contributed by atoms with Crippen LogP contribution in [0.15, 0.2) is 36.5 Å². The number of aliphatic hydroxyl groups excluding tert-OH is 3. The van der Waals surface area contributed by atoms with E-state index in [1.807, 2.05) is 13.0 Å². The van der Waals surface area contributed by atoms with E-state index >= 15 is 0 Å². The van der Waals surface area contributed by atoms with Crippen molar-refractivity contribution in [1.82, 2.24) is 5.32 Å². The van der Waals surface area contributed by atoms with Crippen LogP contribution < -0.4 is 5.32 Å². The Bertz CT molecular complexity index is 885. The highest BCUT2D eigenvalue weighted by Gasteiger charge is 2.20. The van der Waals surface area contributed by atoms with Crippen molar-refractivity contribution in [3.8, 4) is 0 Å². The van der Waals surface area contributed by atoms with Gasteiger partial charge in [-0.15, -0.1) is 0 Å². The molecular formula is C52H99NO4. The van der Waals surface area contributed by atoms with Crippen molar-refractivity contribution >= 4 is 5.91 Å². The molecule has 3 atom stereocenters. The second-order valence-corrected chi connectivity index (χ2v) is 17.4. The molecule has 0 bridgehead atoms. The van der Waals surface area contributed by atoms with E-state index in [9.17, 15) is 20.1 Å². The maximum atomic E-state index is 12.4. The Hall–Kier alpha value is -1.43. The molecule has 0 aromatic carbocycles. The van der Waals surface area contributed by atoms with Crippen LogP contribution in [0.25, 0.3) is 0 Å². The maximum absolute atomic E-state index is 12.4. The molecule has 0 aliphatic rings. The number of rotatable bonds is 46. The molecule has 0 aromatic rings. The summed E-state index contributed by atoms with van der Waals surface area (Å²) in [5.74, 6) is -0.330. The first-order chi connectivity index (χ1) is 28.0. The van der Waals surface area contributed by atoms with Gasteiger partial charge in [0.05, 0.1) is 31.3 Å². The summed E-state index contributed by atoms with van der Waals surface area (Å²) < 4.78 is 0. The van der Waals surface area contributed by atoms with Gasteiger partial charge < -0.3 is 20.6 Å². The third-order valence-corrected chi connectivity index (χ3v) is 11.8. The number of amides is 1. The smallest absolute Gasteiger partial charge is 0.222 e. The number of aliphatic hydroxyl groups is 3. The average molecular weight is 802 g/mol. The van der Waals surface area contributed by atoms with Crippen LogP contribution in [0.1, 0.15) is 264 Å². The largest absolute Gasteiger partial charge is 0.394 e. The summed E-state index contributed by atoms with van der Waals surface area (Å²) >= 11 is 0. The lowest BCUT2D eigenvalue weighted by Crippen LogP contribution is -2.45. The number of hydrogen-bond donors (Lipinski definition) is 4. The van der Waals surface area contributed by atoms with Crippen molar-refractivity contribution in [2.75, 3.05) is 6.61 Å². The van der Waals surface area contributed by atoms with Crippen LogP contribution in [0.2, 0.25) is 0 Å². The van der Waals surface area contributed by atoms with E-state index in [1.165, 1.54) is 199 Å². The zero-order chi connectivity index (χ0) is 41.5. The number of nitrogens with one attached hydrogen (secondary N) is 1. The molecule has 0 fully saturated rings. The van der Waals surface area contributed by atoms with Crippen molar-refractivity contribution in [3.63, 3.8) is 0 Å². The normalized spacial score (nSPS) is 13.7. The highest BCUT2D eigenvalue weighted by Crippen LogP contribution is 2.17. The summed E-state index contributed by atoms with van der Waals surface area (Å²) in [6.45, 7) is 3.98. The lowest BCUT2D eigenvalue weighted by molar-refractivity contribution is -0.124. The summed E-state index contributed by atoms with van der Waals surface area (Å²) in [5, 5.41) is 33.1. The zero-order valence-electron chi connectivity index (χ0n) is 38.2. The van der Waals surface area contributed by atoms with Crippen molar-refractivity contribution in [1.29, 1.82) is 0 Å². The summed E-state index contributed by atoms with van der Waals surface area (Å²) in [5.41, 5.74) is 0. The van der Waals surface area contributed by atoms with Crippen molar-refractivity contribution < 1.29 is 20.1 Å². The number of allylic oxidation sites excluding steroid dienone is 5. The topological polar surface area (TPSA) is 89.8 Å². The lowest BCUT2D eigenvalue weighted by atomic mass is 10.0. The highest BCUT2D eigenvalue weighted by atomic mass is 16.3. The molecule has 0 aromatic heterocycles. The minimum absolute atomic E-state index is 0.00454. The van der Waals surface area contributed by atoms with E-state index < -0.39 is 18.2 Å². The molecule has 0 spiro atoms. The van der Waals surface area contributed by atoms with Gasteiger partial charge in [0, 0.05) is 0 Å². The van der Waals surface area contributed by atoms with Gasteiger partial charge in [0.15, 0.2) is 0 Å². The molecule has 1 amide bonds. The van der Waals surface area contributed by atoms with Crippen LogP contribution in [0.5, 0.6) is 0 Å². The van der Waals surface area contributed by atoms with Gasteiger partial charge in [-0.25, -0.2) is 0 Å². The first kappa shape index (κ1) is 55.6. The Balaban J connectivity index is 3.43. The monoisotopic (exact) mass is 802 g/mol. The fraction of sp³-hybridized carbons (Fsp3) is 0.865. The molecule has 5 nitrogen and oxygen atoms in total. The quantitative estimate of drug-likeness (QED) is 0.0365. The molecule has 0 radical (unpaired) electrons. The molecule has 0 saturated carbocycles. The fourth-order valence-corrected chi connectivity index (χ4v) is 7.91. The molecule has 0 saturated heterocycles. The third-order valence-electron chi connectivity index (χ3n) is 11.8. The molecule has 5 heteroatoms. The summed E-state index contributed by atoms with van der Waals surface area (Å²) in [7, 11) is 0. The van der Waals surface area contributed by atoms with Gasteiger partial charge in [0.2, 0.25) is 5.91 Å². The van der Waals surface area contributed by atoms with Crippen LogP contribution in [-0.4, -0.2) is 46.1 Å². The molecule has 0 aliphatic carbocycles. The van der Waals surface area contributed by atoms with E-state index in [-0.39, 0.29) is 18.9 Å². The Morgan fingerprint density at radius 2 is 0.789 bits per heavy atom. The van der Waals surface area contributed by atoms with Crippen molar-refractivity contribution in [2.45, 2.75) is 283 Å². The molecule has 336 valence electrons. The number of unbranched alkanes of at least 4 members (excludes halogenated alkanes) is 34. The van der Waals surface area contributed by atoms with Gasteiger partial charge in [-0.05, 0) is 39.0 Å². The van der Waals surface area contributed by atoms with Crippen molar-refractivity contribution in [2.24, 2.45) is 0 Å². The van der Waals surface area contributed by atoms with Crippen LogP contribution in [0.4, 0.5) is 0 Å². The van der Waals surface area contributed by atoms with Gasteiger partial charge in [0.1, 0.15) is 0 Å². The average Bonchev–Trinajstić information content (AvgIpc) is 3.20. The molecule has 4 N–H and O–H groups in total. The van der Waals surface area contributed by atoms with E-state index in [1.54, 1.807) is 6.08 Å². The third kappa shape index (κ3) is 44.0. The first-order valence-corrected chi connectivity index (χ1v) is 25.2. The van der Waals surface area contributed by atoms with Crippen molar-refractivity contribution in [3.05, 3.63) is 36.5 Å².